The largest absolute Gasteiger partial charge is 0.203 e. The zero-order valence-electron chi connectivity index (χ0n) is 18.0. The smallest absolute Gasteiger partial charge is 0.200 e. The van der Waals surface area contributed by atoms with Crippen LogP contribution < -0.4 is 0 Å². The molecule has 0 spiro atoms. The molecule has 0 amide bonds. The van der Waals surface area contributed by atoms with E-state index in [-0.39, 0.29) is 0 Å². The molecule has 0 unspecified atom stereocenters. The molecule has 0 aliphatic carbocycles. The van der Waals surface area contributed by atoms with Crippen molar-refractivity contribution < 1.29 is 22.0 Å². The maximum Gasteiger partial charge on any atom is 0.200 e. The Kier molecular flexibility index (Phi) is 7.81. The van der Waals surface area contributed by atoms with Gasteiger partial charge in [0, 0.05) is 5.56 Å². The van der Waals surface area contributed by atoms with Gasteiger partial charge in [-0.05, 0) is 79.8 Å². The molecule has 0 saturated carbocycles. The Bertz CT molecular complexity index is 748. The summed E-state index contributed by atoms with van der Waals surface area (Å²) in [6, 6.07) is 0. The molecule has 0 bridgehead atoms. The molecule has 0 aliphatic heterocycles. The van der Waals surface area contributed by atoms with Crippen molar-refractivity contribution in [1.29, 1.82) is 0 Å². The fraction of sp³-hybridized carbons (Fsp3) is 0.478. The number of rotatable bonds is 2. The Labute approximate surface area is 164 Å². The van der Waals surface area contributed by atoms with Crippen molar-refractivity contribution in [2.75, 3.05) is 0 Å². The summed E-state index contributed by atoms with van der Waals surface area (Å²) in [5, 5.41) is 0. The lowest BCUT2D eigenvalue weighted by Crippen LogP contribution is -2.08. The van der Waals surface area contributed by atoms with E-state index in [1.807, 2.05) is 0 Å². The van der Waals surface area contributed by atoms with Gasteiger partial charge in [-0.25, -0.2) is 22.0 Å². The van der Waals surface area contributed by atoms with Crippen molar-refractivity contribution in [3.8, 4) is 0 Å². The quantitative estimate of drug-likeness (QED) is 0.273. The Morgan fingerprint density at radius 2 is 0.643 bits per heavy atom. The average Bonchev–Trinajstić information content (AvgIpc) is 2.61. The molecule has 0 atom stereocenters. The third-order valence-electron chi connectivity index (χ3n) is 5.46. The zero-order chi connectivity index (χ0) is 22.1. The van der Waals surface area contributed by atoms with Gasteiger partial charge in [0.1, 0.15) is 0 Å². The van der Waals surface area contributed by atoms with Gasteiger partial charge < -0.3 is 0 Å². The van der Waals surface area contributed by atoms with Crippen LogP contribution in [0.1, 0.15) is 78.5 Å². The van der Waals surface area contributed by atoms with Crippen molar-refractivity contribution in [3.05, 3.63) is 68.0 Å². The van der Waals surface area contributed by atoms with Crippen LogP contribution in [0.25, 0.3) is 0 Å². The van der Waals surface area contributed by atoms with Crippen LogP contribution in [0.5, 0.6) is 0 Å². The summed E-state index contributed by atoms with van der Waals surface area (Å²) >= 11 is 0. The van der Waals surface area contributed by atoms with Gasteiger partial charge in [0.25, 0.3) is 0 Å². The summed E-state index contributed by atoms with van der Waals surface area (Å²) in [5.74, 6) is -9.55. The predicted molar refractivity (Wildman–Crippen MR) is 105 cm³/mol. The first-order chi connectivity index (χ1) is 12.7. The van der Waals surface area contributed by atoms with Crippen LogP contribution in [0.2, 0.25) is 0 Å². The van der Waals surface area contributed by atoms with E-state index in [0.717, 1.165) is 0 Å². The van der Waals surface area contributed by atoms with Gasteiger partial charge in [0.05, 0.1) is 0 Å². The zero-order valence-corrected chi connectivity index (χ0v) is 18.0. The second-order valence-electron chi connectivity index (χ2n) is 7.83. The van der Waals surface area contributed by atoms with E-state index in [1.54, 1.807) is 5.56 Å². The third kappa shape index (κ3) is 4.39. The molecule has 2 rings (SSSR count). The molecule has 0 nitrogen and oxygen atoms in total. The first-order valence-electron chi connectivity index (χ1n) is 9.33. The van der Waals surface area contributed by atoms with E-state index in [9.17, 15) is 22.0 Å². The standard InChI is InChI=1S/C14H22.C9H7F5/c1-8(2)14-12(6)10(4)9(3)11(5)13(14)7;1-3(2)4-5(10)7(12)9(14)8(13)6(4)11/h8H,1-7H3;3H,1-2H3. The summed E-state index contributed by atoms with van der Waals surface area (Å²) in [6.45, 7) is 18.5. The van der Waals surface area contributed by atoms with E-state index >= 15 is 0 Å². The highest BCUT2D eigenvalue weighted by atomic mass is 19.2. The Hall–Kier alpha value is -1.91. The lowest BCUT2D eigenvalue weighted by Gasteiger charge is -2.21. The van der Waals surface area contributed by atoms with Crippen LogP contribution in [0.3, 0.4) is 0 Å². The van der Waals surface area contributed by atoms with E-state index in [2.05, 4.69) is 48.5 Å². The molecule has 0 radical (unpaired) electrons. The Morgan fingerprint density at radius 3 is 0.929 bits per heavy atom. The van der Waals surface area contributed by atoms with Gasteiger partial charge in [-0.3, -0.25) is 0 Å². The van der Waals surface area contributed by atoms with Crippen LogP contribution in [-0.4, -0.2) is 0 Å². The number of halogens is 5. The summed E-state index contributed by atoms with van der Waals surface area (Å²) in [6.07, 6.45) is 0. The summed E-state index contributed by atoms with van der Waals surface area (Å²) in [4.78, 5) is 0. The van der Waals surface area contributed by atoms with Crippen molar-refractivity contribution in [2.24, 2.45) is 0 Å². The second kappa shape index (κ2) is 9.06. The number of hydrogen-bond acceptors (Lipinski definition) is 0. The van der Waals surface area contributed by atoms with Gasteiger partial charge in [-0.2, -0.15) is 0 Å². The molecule has 0 aromatic heterocycles. The molecular formula is C23H29F5. The van der Waals surface area contributed by atoms with Crippen LogP contribution in [0.4, 0.5) is 22.0 Å². The van der Waals surface area contributed by atoms with E-state index in [1.165, 1.54) is 41.7 Å². The van der Waals surface area contributed by atoms with E-state index < -0.39 is 40.6 Å². The fourth-order valence-electron chi connectivity index (χ4n) is 3.52. The lowest BCUT2D eigenvalue weighted by molar-refractivity contribution is 0.366. The molecule has 0 N–H and O–H groups in total. The first kappa shape index (κ1) is 24.1. The van der Waals surface area contributed by atoms with E-state index in [4.69, 9.17) is 0 Å². The molecule has 0 heterocycles. The molecular weight excluding hydrogens is 371 g/mol. The highest BCUT2D eigenvalue weighted by Crippen LogP contribution is 2.31. The number of hydrogen-bond donors (Lipinski definition) is 0. The van der Waals surface area contributed by atoms with E-state index in [0.29, 0.717) is 5.92 Å². The highest BCUT2D eigenvalue weighted by molar-refractivity contribution is 5.50. The highest BCUT2D eigenvalue weighted by Gasteiger charge is 2.26. The van der Waals surface area contributed by atoms with Gasteiger partial charge in [-0.15, -0.1) is 0 Å². The normalized spacial score (nSPS) is 11.1. The van der Waals surface area contributed by atoms with Crippen LogP contribution in [0.15, 0.2) is 0 Å². The molecule has 5 heteroatoms. The van der Waals surface area contributed by atoms with Gasteiger partial charge in [0.2, 0.25) is 5.82 Å². The summed E-state index contributed by atoms with van der Waals surface area (Å²) in [5.41, 5.74) is 8.14. The maximum atomic E-state index is 12.9. The van der Waals surface area contributed by atoms with Crippen LogP contribution in [-0.2, 0) is 0 Å². The van der Waals surface area contributed by atoms with Crippen LogP contribution >= 0.6 is 0 Å². The summed E-state index contributed by atoms with van der Waals surface area (Å²) in [7, 11) is 0. The minimum atomic E-state index is -2.12. The molecule has 0 saturated heterocycles. The van der Waals surface area contributed by atoms with Gasteiger partial charge in [-0.1, -0.05) is 27.7 Å². The second-order valence-corrected chi connectivity index (χ2v) is 7.83. The molecule has 2 aromatic carbocycles. The van der Waals surface area contributed by atoms with Crippen molar-refractivity contribution in [3.63, 3.8) is 0 Å². The molecule has 0 aliphatic rings. The van der Waals surface area contributed by atoms with Gasteiger partial charge >= 0.3 is 0 Å². The fourth-order valence-corrected chi connectivity index (χ4v) is 3.52. The maximum absolute atomic E-state index is 12.9. The molecule has 156 valence electrons. The minimum Gasteiger partial charge on any atom is -0.203 e. The average molecular weight is 400 g/mol. The van der Waals surface area contributed by atoms with Crippen molar-refractivity contribution >= 4 is 0 Å². The Balaban J connectivity index is 0.000000280. The molecule has 2 aromatic rings. The summed E-state index contributed by atoms with van der Waals surface area (Å²) < 4.78 is 63.6. The SMILES string of the molecule is CC(C)c1c(F)c(F)c(F)c(F)c1F.Cc1c(C)c(C)c(C(C)C)c(C)c1C. The van der Waals surface area contributed by atoms with Crippen molar-refractivity contribution in [2.45, 2.75) is 74.1 Å². The minimum absolute atomic E-state index is 0.632. The predicted octanol–water partition coefficient (Wildman–Crippen LogP) is 7.86. The molecule has 0 fully saturated rings. The van der Waals surface area contributed by atoms with Crippen LogP contribution in [0, 0.1) is 63.7 Å². The Morgan fingerprint density at radius 1 is 0.393 bits per heavy atom. The van der Waals surface area contributed by atoms with Gasteiger partial charge in [0.15, 0.2) is 23.3 Å². The first-order valence-corrected chi connectivity index (χ1v) is 9.33. The third-order valence-corrected chi connectivity index (χ3v) is 5.46. The lowest BCUT2D eigenvalue weighted by atomic mass is 9.85. The monoisotopic (exact) mass is 400 g/mol. The molecule has 28 heavy (non-hydrogen) atoms. The topological polar surface area (TPSA) is 0 Å². The van der Waals surface area contributed by atoms with Crippen molar-refractivity contribution in [1.82, 2.24) is 0 Å². The number of benzene rings is 2.